The Kier molecular flexibility index (Phi) is 3.45. The van der Waals surface area contributed by atoms with E-state index in [0.29, 0.717) is 5.82 Å². The highest BCUT2D eigenvalue weighted by molar-refractivity contribution is 5.78. The number of rotatable bonds is 3. The lowest BCUT2D eigenvalue weighted by molar-refractivity contribution is 0.628. The van der Waals surface area contributed by atoms with Crippen molar-refractivity contribution >= 4 is 0 Å². The fourth-order valence-electron chi connectivity index (χ4n) is 2.06. The minimum absolute atomic E-state index is 0.244. The Morgan fingerprint density at radius 1 is 1.19 bits per heavy atom. The van der Waals surface area contributed by atoms with Crippen molar-refractivity contribution in [2.24, 2.45) is 5.73 Å². The third-order valence-electron chi connectivity index (χ3n) is 3.13. The lowest BCUT2D eigenvalue weighted by Gasteiger charge is -2.07. The van der Waals surface area contributed by atoms with E-state index in [2.05, 4.69) is 20.2 Å². The molecule has 21 heavy (non-hydrogen) atoms. The summed E-state index contributed by atoms with van der Waals surface area (Å²) in [5.74, 6) is 0.292. The van der Waals surface area contributed by atoms with Gasteiger partial charge in [0.15, 0.2) is 0 Å². The van der Waals surface area contributed by atoms with Crippen LogP contribution in [0.1, 0.15) is 18.8 Å². The van der Waals surface area contributed by atoms with Gasteiger partial charge in [-0.1, -0.05) is 0 Å². The first-order valence-corrected chi connectivity index (χ1v) is 6.53. The third kappa shape index (κ3) is 2.66. The molecule has 0 bridgehead atoms. The Labute approximate surface area is 121 Å². The number of halogens is 1. The molecular formula is C15H14FN5. The summed E-state index contributed by atoms with van der Waals surface area (Å²) in [6.45, 7) is 1.83. The van der Waals surface area contributed by atoms with Gasteiger partial charge in [-0.2, -0.15) is 5.10 Å². The van der Waals surface area contributed by atoms with Crippen molar-refractivity contribution in [2.45, 2.75) is 13.0 Å². The Bertz CT molecular complexity index is 749. The molecule has 0 aliphatic rings. The Hall–Kier alpha value is -2.60. The van der Waals surface area contributed by atoms with E-state index in [4.69, 9.17) is 5.73 Å². The monoisotopic (exact) mass is 283 g/mol. The van der Waals surface area contributed by atoms with Crippen molar-refractivity contribution in [3.8, 4) is 22.5 Å². The molecule has 0 spiro atoms. The van der Waals surface area contributed by atoms with Gasteiger partial charge in [0.25, 0.3) is 0 Å². The van der Waals surface area contributed by atoms with Gasteiger partial charge in [-0.05, 0) is 37.3 Å². The summed E-state index contributed by atoms with van der Waals surface area (Å²) in [4.78, 5) is 8.59. The second-order valence-corrected chi connectivity index (χ2v) is 4.75. The highest BCUT2D eigenvalue weighted by Gasteiger charge is 2.13. The molecule has 0 radical (unpaired) electrons. The van der Waals surface area contributed by atoms with Gasteiger partial charge in [0.1, 0.15) is 11.6 Å². The van der Waals surface area contributed by atoms with Crippen LogP contribution in [0, 0.1) is 5.82 Å². The predicted octanol–water partition coefficient (Wildman–Crippen LogP) is 2.69. The number of hydrogen-bond acceptors (Lipinski definition) is 4. The van der Waals surface area contributed by atoms with Crippen molar-refractivity contribution in [3.63, 3.8) is 0 Å². The molecule has 0 aliphatic heterocycles. The van der Waals surface area contributed by atoms with Gasteiger partial charge < -0.3 is 5.73 Å². The van der Waals surface area contributed by atoms with E-state index < -0.39 is 0 Å². The van der Waals surface area contributed by atoms with Crippen LogP contribution in [0.5, 0.6) is 0 Å². The number of nitrogens with zero attached hydrogens (tertiary/aromatic N) is 3. The lowest BCUT2D eigenvalue weighted by Crippen LogP contribution is -2.09. The highest BCUT2D eigenvalue weighted by Crippen LogP contribution is 2.29. The molecule has 0 fully saturated rings. The minimum Gasteiger partial charge on any atom is -0.322 e. The largest absolute Gasteiger partial charge is 0.322 e. The van der Waals surface area contributed by atoms with Crippen molar-refractivity contribution in [1.82, 2.24) is 20.2 Å². The quantitative estimate of drug-likeness (QED) is 0.774. The van der Waals surface area contributed by atoms with E-state index in [1.165, 1.54) is 12.1 Å². The van der Waals surface area contributed by atoms with E-state index in [1.807, 2.05) is 6.92 Å². The van der Waals surface area contributed by atoms with E-state index in [1.54, 1.807) is 30.6 Å². The molecule has 0 saturated carbocycles. The SMILES string of the molecule is CC(N)c1nccc(-c2cn[nH]c2-c2ccc(F)cc2)n1. The summed E-state index contributed by atoms with van der Waals surface area (Å²) in [7, 11) is 0. The molecule has 1 atom stereocenters. The normalized spacial score (nSPS) is 12.3. The second kappa shape index (κ2) is 5.41. The van der Waals surface area contributed by atoms with Crippen LogP contribution >= 0.6 is 0 Å². The van der Waals surface area contributed by atoms with Gasteiger partial charge in [0, 0.05) is 17.3 Å². The molecule has 1 aromatic carbocycles. The molecule has 5 nitrogen and oxygen atoms in total. The van der Waals surface area contributed by atoms with Crippen molar-refractivity contribution in [1.29, 1.82) is 0 Å². The minimum atomic E-state index is -0.277. The van der Waals surface area contributed by atoms with Crippen LogP contribution in [-0.4, -0.2) is 20.2 Å². The Balaban J connectivity index is 2.06. The van der Waals surface area contributed by atoms with Gasteiger partial charge in [-0.3, -0.25) is 5.10 Å². The molecule has 3 N–H and O–H groups in total. The molecular weight excluding hydrogens is 269 g/mol. The molecule has 0 saturated heterocycles. The fourth-order valence-corrected chi connectivity index (χ4v) is 2.06. The first kappa shape index (κ1) is 13.4. The summed E-state index contributed by atoms with van der Waals surface area (Å²) in [6.07, 6.45) is 3.36. The standard InChI is InChI=1S/C15H14FN5/c1-9(17)15-18-7-6-13(20-15)12-8-19-21-14(12)10-2-4-11(16)5-3-10/h2-9H,17H2,1H3,(H,19,21). The molecule has 1 unspecified atom stereocenters. The number of nitrogens with one attached hydrogen (secondary N) is 1. The zero-order valence-electron chi connectivity index (χ0n) is 11.4. The van der Waals surface area contributed by atoms with Gasteiger partial charge in [0.2, 0.25) is 0 Å². The van der Waals surface area contributed by atoms with E-state index >= 15 is 0 Å². The van der Waals surface area contributed by atoms with Crippen LogP contribution in [0.3, 0.4) is 0 Å². The van der Waals surface area contributed by atoms with Crippen LogP contribution < -0.4 is 5.73 Å². The second-order valence-electron chi connectivity index (χ2n) is 4.75. The number of benzene rings is 1. The highest BCUT2D eigenvalue weighted by atomic mass is 19.1. The van der Waals surface area contributed by atoms with E-state index in [9.17, 15) is 4.39 Å². The first-order chi connectivity index (χ1) is 10.1. The number of aromatic nitrogens is 4. The Morgan fingerprint density at radius 3 is 2.67 bits per heavy atom. The number of aromatic amines is 1. The lowest BCUT2D eigenvalue weighted by atomic mass is 10.1. The van der Waals surface area contributed by atoms with Crippen LogP contribution in [-0.2, 0) is 0 Å². The number of hydrogen-bond donors (Lipinski definition) is 2. The molecule has 3 rings (SSSR count). The molecule has 2 heterocycles. The van der Waals surface area contributed by atoms with Gasteiger partial charge in [-0.25, -0.2) is 14.4 Å². The molecule has 0 aliphatic carbocycles. The summed E-state index contributed by atoms with van der Waals surface area (Å²) >= 11 is 0. The number of H-pyrrole nitrogens is 1. The third-order valence-corrected chi connectivity index (χ3v) is 3.13. The predicted molar refractivity (Wildman–Crippen MR) is 77.6 cm³/mol. The van der Waals surface area contributed by atoms with Gasteiger partial charge in [-0.15, -0.1) is 0 Å². The number of nitrogens with two attached hydrogens (primary N) is 1. The summed E-state index contributed by atoms with van der Waals surface area (Å²) in [5.41, 5.74) is 8.98. The zero-order valence-corrected chi connectivity index (χ0v) is 11.4. The average molecular weight is 283 g/mol. The van der Waals surface area contributed by atoms with Crippen molar-refractivity contribution in [2.75, 3.05) is 0 Å². The molecule has 0 amide bonds. The summed E-state index contributed by atoms with van der Waals surface area (Å²) < 4.78 is 13.0. The van der Waals surface area contributed by atoms with Gasteiger partial charge >= 0.3 is 0 Å². The van der Waals surface area contributed by atoms with E-state index in [-0.39, 0.29) is 11.9 Å². The topological polar surface area (TPSA) is 80.5 Å². The van der Waals surface area contributed by atoms with Crippen LogP contribution in [0.25, 0.3) is 22.5 Å². The van der Waals surface area contributed by atoms with Crippen LogP contribution in [0.4, 0.5) is 4.39 Å². The maximum atomic E-state index is 13.0. The van der Waals surface area contributed by atoms with Crippen molar-refractivity contribution < 1.29 is 4.39 Å². The maximum absolute atomic E-state index is 13.0. The smallest absolute Gasteiger partial charge is 0.145 e. The van der Waals surface area contributed by atoms with E-state index in [0.717, 1.165) is 22.5 Å². The van der Waals surface area contributed by atoms with Crippen molar-refractivity contribution in [3.05, 3.63) is 54.4 Å². The fraction of sp³-hybridized carbons (Fsp3) is 0.133. The Morgan fingerprint density at radius 2 is 1.95 bits per heavy atom. The average Bonchev–Trinajstić information content (AvgIpc) is 2.97. The summed E-state index contributed by atoms with van der Waals surface area (Å²) in [5, 5.41) is 6.99. The molecule has 2 aromatic heterocycles. The maximum Gasteiger partial charge on any atom is 0.145 e. The first-order valence-electron chi connectivity index (χ1n) is 6.53. The molecule has 3 aromatic rings. The molecule has 106 valence electrons. The van der Waals surface area contributed by atoms with Gasteiger partial charge in [0.05, 0.1) is 23.6 Å². The molecule has 6 heteroatoms. The van der Waals surface area contributed by atoms with Crippen LogP contribution in [0.2, 0.25) is 0 Å². The summed E-state index contributed by atoms with van der Waals surface area (Å²) in [6, 6.07) is 7.76. The zero-order chi connectivity index (χ0) is 14.8. The van der Waals surface area contributed by atoms with Crippen LogP contribution in [0.15, 0.2) is 42.7 Å².